The maximum atomic E-state index is 16.1. The number of alkyl halides is 2. The minimum Gasteiger partial charge on any atom is -0.489 e. The molecule has 8 heteroatoms. The Kier molecular flexibility index (Phi) is 8.46. The van der Waals surface area contributed by atoms with Crippen molar-refractivity contribution < 1.29 is 22.3 Å². The summed E-state index contributed by atoms with van der Waals surface area (Å²) in [7, 11) is 0. The van der Waals surface area contributed by atoms with E-state index in [1.54, 1.807) is 17.0 Å². The molecular formula is C34H39F4N3O. The normalized spacial score (nSPS) is 24.7. The maximum absolute atomic E-state index is 16.1. The second kappa shape index (κ2) is 12.3. The summed E-state index contributed by atoms with van der Waals surface area (Å²) in [5.41, 5.74) is 2.98. The molecular weight excluding hydrogens is 542 g/mol. The van der Waals surface area contributed by atoms with Crippen LogP contribution in [0.1, 0.15) is 60.9 Å². The van der Waals surface area contributed by atoms with Crippen molar-refractivity contribution in [1.29, 1.82) is 0 Å². The number of nitrogens with one attached hydrogen (secondary N) is 1. The average Bonchev–Trinajstić information content (AvgIpc) is 2.98. The Labute approximate surface area is 245 Å². The van der Waals surface area contributed by atoms with E-state index in [4.69, 9.17) is 4.74 Å². The van der Waals surface area contributed by atoms with E-state index in [-0.39, 0.29) is 17.0 Å². The minimum atomic E-state index is -2.64. The SMILES string of the molecule is C[C@@H]1Cc2cc(OCc3ccccc3)ccc2C(c2c(F)cc(N3CCCC4(CCCNC4)C3)cc2F)N1CC(F)F. The molecule has 3 aliphatic heterocycles. The van der Waals surface area contributed by atoms with E-state index in [0.29, 0.717) is 30.0 Å². The number of ether oxygens (including phenoxy) is 1. The Hall–Kier alpha value is -3.10. The summed E-state index contributed by atoms with van der Waals surface area (Å²) in [4.78, 5) is 3.64. The highest BCUT2D eigenvalue weighted by Crippen LogP contribution is 2.43. The number of halogens is 4. The lowest BCUT2D eigenvalue weighted by Gasteiger charge is -2.46. The van der Waals surface area contributed by atoms with Gasteiger partial charge in [-0.15, -0.1) is 0 Å². The summed E-state index contributed by atoms with van der Waals surface area (Å²) < 4.78 is 65.8. The second-order valence-electron chi connectivity index (χ2n) is 12.3. The highest BCUT2D eigenvalue weighted by Gasteiger charge is 2.40. The van der Waals surface area contributed by atoms with Crippen molar-refractivity contribution in [3.05, 3.63) is 94.6 Å². The van der Waals surface area contributed by atoms with Gasteiger partial charge < -0.3 is 15.0 Å². The van der Waals surface area contributed by atoms with Crippen LogP contribution in [0.15, 0.2) is 60.7 Å². The van der Waals surface area contributed by atoms with Crippen molar-refractivity contribution in [2.24, 2.45) is 5.41 Å². The van der Waals surface area contributed by atoms with Crippen molar-refractivity contribution in [3.8, 4) is 5.75 Å². The third kappa shape index (κ3) is 6.02. The molecule has 0 saturated carbocycles. The van der Waals surface area contributed by atoms with Gasteiger partial charge in [0.1, 0.15) is 24.0 Å². The number of piperidine rings is 2. The van der Waals surface area contributed by atoms with E-state index in [2.05, 4.69) is 10.2 Å². The standard InChI is InChI=1S/C34H39F4N3O/c1-23-15-25-16-27(42-20-24-7-3-2-4-8-24)9-10-28(25)33(41(23)19-31(37)38)32-29(35)17-26(18-30(32)36)40-14-6-12-34(22-40)11-5-13-39-21-34/h2-4,7-10,16-18,23,31,33,39H,5-6,11-15,19-22H2,1H3/t23-,33?,34?/m1/s1. The van der Waals surface area contributed by atoms with E-state index in [9.17, 15) is 8.78 Å². The molecule has 3 aliphatic rings. The van der Waals surface area contributed by atoms with E-state index < -0.39 is 30.6 Å². The van der Waals surface area contributed by atoms with Gasteiger partial charge in [0, 0.05) is 42.3 Å². The van der Waals surface area contributed by atoms with Gasteiger partial charge in [-0.05, 0) is 86.5 Å². The highest BCUT2D eigenvalue weighted by atomic mass is 19.3. The quantitative estimate of drug-likeness (QED) is 0.301. The molecule has 0 amide bonds. The second-order valence-corrected chi connectivity index (χ2v) is 12.3. The fraction of sp³-hybridized carbons (Fsp3) is 0.471. The van der Waals surface area contributed by atoms with Crippen molar-refractivity contribution in [2.75, 3.05) is 37.6 Å². The lowest BCUT2D eigenvalue weighted by atomic mass is 9.74. The third-order valence-corrected chi connectivity index (χ3v) is 9.34. The van der Waals surface area contributed by atoms with Gasteiger partial charge >= 0.3 is 0 Å². The van der Waals surface area contributed by atoms with Crippen LogP contribution in [0.5, 0.6) is 5.75 Å². The lowest BCUT2D eigenvalue weighted by Crippen LogP contribution is -2.51. The first kappa shape index (κ1) is 29.0. The molecule has 1 N–H and O–H groups in total. The van der Waals surface area contributed by atoms with Crippen molar-refractivity contribution >= 4 is 5.69 Å². The predicted octanol–water partition coefficient (Wildman–Crippen LogP) is 7.11. The first-order valence-electron chi connectivity index (χ1n) is 15.1. The molecule has 3 heterocycles. The number of hydrogen-bond donors (Lipinski definition) is 1. The molecule has 0 aliphatic carbocycles. The van der Waals surface area contributed by atoms with Crippen LogP contribution in [0.4, 0.5) is 23.2 Å². The van der Waals surface area contributed by atoms with Gasteiger partial charge in [-0.25, -0.2) is 17.6 Å². The van der Waals surface area contributed by atoms with E-state index in [1.165, 1.54) is 12.1 Å². The Balaban J connectivity index is 1.32. The van der Waals surface area contributed by atoms with Gasteiger partial charge in [0.15, 0.2) is 0 Å². The third-order valence-electron chi connectivity index (χ3n) is 9.34. The molecule has 3 aromatic carbocycles. The molecule has 3 aromatic rings. The smallest absolute Gasteiger partial charge is 0.251 e. The van der Waals surface area contributed by atoms with Crippen LogP contribution in [0.2, 0.25) is 0 Å². The summed E-state index contributed by atoms with van der Waals surface area (Å²) in [6.45, 7) is 5.08. The summed E-state index contributed by atoms with van der Waals surface area (Å²) >= 11 is 0. The van der Waals surface area contributed by atoms with Crippen LogP contribution in [-0.2, 0) is 13.0 Å². The molecule has 4 nitrogen and oxygen atoms in total. The van der Waals surface area contributed by atoms with Crippen LogP contribution in [-0.4, -0.2) is 50.1 Å². The molecule has 2 fully saturated rings. The Bertz CT molecular complexity index is 1350. The molecule has 2 unspecified atom stereocenters. The number of benzene rings is 3. The Morgan fingerprint density at radius 3 is 2.48 bits per heavy atom. The number of nitrogens with zero attached hydrogens (tertiary/aromatic N) is 2. The fourth-order valence-electron chi connectivity index (χ4n) is 7.31. The molecule has 2 saturated heterocycles. The monoisotopic (exact) mass is 581 g/mol. The zero-order valence-corrected chi connectivity index (χ0v) is 24.1. The number of anilines is 1. The fourth-order valence-corrected chi connectivity index (χ4v) is 7.31. The molecule has 42 heavy (non-hydrogen) atoms. The molecule has 3 atom stereocenters. The molecule has 224 valence electrons. The van der Waals surface area contributed by atoms with Gasteiger partial charge in [0.25, 0.3) is 6.43 Å². The van der Waals surface area contributed by atoms with Gasteiger partial charge in [0.2, 0.25) is 0 Å². The maximum Gasteiger partial charge on any atom is 0.251 e. The molecule has 0 bridgehead atoms. The van der Waals surface area contributed by atoms with Gasteiger partial charge in [-0.1, -0.05) is 36.4 Å². The lowest BCUT2D eigenvalue weighted by molar-refractivity contribution is 0.0444. The molecule has 6 rings (SSSR count). The van der Waals surface area contributed by atoms with Crippen LogP contribution in [0, 0.1) is 17.0 Å². The average molecular weight is 582 g/mol. The topological polar surface area (TPSA) is 27.7 Å². The van der Waals surface area contributed by atoms with Gasteiger partial charge in [-0.2, -0.15) is 0 Å². The summed E-state index contributed by atoms with van der Waals surface area (Å²) in [5.74, 6) is -0.751. The molecule has 0 aromatic heterocycles. The van der Waals surface area contributed by atoms with Crippen molar-refractivity contribution in [1.82, 2.24) is 10.2 Å². The molecule has 1 spiro atoms. The van der Waals surface area contributed by atoms with Crippen LogP contribution in [0.3, 0.4) is 0 Å². The summed E-state index contributed by atoms with van der Waals surface area (Å²) in [5, 5.41) is 3.50. The Morgan fingerprint density at radius 1 is 1.00 bits per heavy atom. The van der Waals surface area contributed by atoms with Crippen LogP contribution >= 0.6 is 0 Å². The van der Waals surface area contributed by atoms with E-state index >= 15 is 8.78 Å². The number of hydrogen-bond acceptors (Lipinski definition) is 4. The van der Waals surface area contributed by atoms with Gasteiger partial charge in [-0.3, -0.25) is 4.90 Å². The van der Waals surface area contributed by atoms with Crippen LogP contribution in [0.25, 0.3) is 0 Å². The summed E-state index contributed by atoms with van der Waals surface area (Å²) in [6, 6.07) is 16.7. The predicted molar refractivity (Wildman–Crippen MR) is 157 cm³/mol. The number of fused-ring (bicyclic) bond motifs is 1. The largest absolute Gasteiger partial charge is 0.489 e. The first-order chi connectivity index (χ1) is 20.3. The first-order valence-corrected chi connectivity index (χ1v) is 15.1. The van der Waals surface area contributed by atoms with Crippen molar-refractivity contribution in [3.63, 3.8) is 0 Å². The molecule has 0 radical (unpaired) electrons. The zero-order chi connectivity index (χ0) is 29.3. The van der Waals surface area contributed by atoms with Gasteiger partial charge in [0.05, 0.1) is 12.6 Å². The van der Waals surface area contributed by atoms with E-state index in [0.717, 1.165) is 63.0 Å². The van der Waals surface area contributed by atoms with Crippen LogP contribution < -0.4 is 15.0 Å². The summed E-state index contributed by atoms with van der Waals surface area (Å²) in [6.07, 6.45) is 2.13. The van der Waals surface area contributed by atoms with Crippen molar-refractivity contribution in [2.45, 2.75) is 64.1 Å². The number of rotatable bonds is 7. The van der Waals surface area contributed by atoms with E-state index in [1.807, 2.05) is 43.3 Å². The Morgan fingerprint density at radius 2 is 1.76 bits per heavy atom. The minimum absolute atomic E-state index is 0.119. The highest BCUT2D eigenvalue weighted by molar-refractivity contribution is 5.53. The zero-order valence-electron chi connectivity index (χ0n) is 24.1.